The van der Waals surface area contributed by atoms with Gasteiger partial charge in [0.1, 0.15) is 0 Å². The van der Waals surface area contributed by atoms with Crippen molar-refractivity contribution in [3.63, 3.8) is 0 Å². The topological polar surface area (TPSA) is 68.0 Å². The molecule has 0 unspecified atom stereocenters. The summed E-state index contributed by atoms with van der Waals surface area (Å²) in [5, 5.41) is 10.1. The molecule has 0 aliphatic heterocycles. The molecule has 0 saturated heterocycles. The number of hydrogen-bond acceptors (Lipinski definition) is 4. The van der Waals surface area contributed by atoms with E-state index >= 15 is 0 Å². The number of nitrogens with zero attached hydrogens (tertiary/aromatic N) is 2. The summed E-state index contributed by atoms with van der Waals surface area (Å²) in [6.45, 7) is 3.88. The molecule has 0 bridgehead atoms. The molecule has 1 heterocycles. The molecule has 18 heavy (non-hydrogen) atoms. The molecule has 1 amide bonds. The van der Waals surface area contributed by atoms with Crippen LogP contribution in [0, 0.1) is 0 Å². The molecule has 0 aliphatic rings. The molecule has 92 valence electrons. The van der Waals surface area contributed by atoms with E-state index in [1.807, 2.05) is 30.3 Å². The number of hydrogen-bond donors (Lipinski definition) is 1. The van der Waals surface area contributed by atoms with Crippen molar-refractivity contribution in [2.45, 2.75) is 6.42 Å². The highest BCUT2D eigenvalue weighted by molar-refractivity contribution is 5.89. The minimum Gasteiger partial charge on any atom is -0.417 e. The first-order valence-electron chi connectivity index (χ1n) is 5.55. The van der Waals surface area contributed by atoms with Crippen LogP contribution in [-0.2, 0) is 6.42 Å². The maximum absolute atomic E-state index is 11.5. The molecule has 0 atom stereocenters. The van der Waals surface area contributed by atoms with Gasteiger partial charge in [-0.05, 0) is 5.56 Å². The van der Waals surface area contributed by atoms with Crippen LogP contribution in [0.15, 0.2) is 47.4 Å². The molecule has 1 aromatic heterocycles. The summed E-state index contributed by atoms with van der Waals surface area (Å²) in [5.74, 6) is 0.00875. The highest BCUT2D eigenvalue weighted by Crippen LogP contribution is 2.08. The fourth-order valence-corrected chi connectivity index (χ4v) is 1.43. The first-order chi connectivity index (χ1) is 8.79. The molecule has 0 saturated carbocycles. The summed E-state index contributed by atoms with van der Waals surface area (Å²) in [4.78, 5) is 11.5. The molecule has 1 aromatic carbocycles. The SMILES string of the molecule is C=CCNC(=O)c1nnc(Cc2ccccc2)o1. The van der Waals surface area contributed by atoms with Crippen LogP contribution < -0.4 is 5.32 Å². The lowest BCUT2D eigenvalue weighted by Crippen LogP contribution is -2.23. The van der Waals surface area contributed by atoms with Gasteiger partial charge in [-0.2, -0.15) is 0 Å². The summed E-state index contributed by atoms with van der Waals surface area (Å²) < 4.78 is 5.28. The first kappa shape index (κ1) is 12.0. The lowest BCUT2D eigenvalue weighted by molar-refractivity contribution is 0.0922. The highest BCUT2D eigenvalue weighted by Gasteiger charge is 2.13. The van der Waals surface area contributed by atoms with E-state index in [0.717, 1.165) is 5.56 Å². The second-order valence-corrected chi connectivity index (χ2v) is 3.66. The Morgan fingerprint density at radius 2 is 2.11 bits per heavy atom. The van der Waals surface area contributed by atoms with Crippen LogP contribution >= 0.6 is 0 Å². The molecule has 0 spiro atoms. The van der Waals surface area contributed by atoms with Gasteiger partial charge >= 0.3 is 11.8 Å². The van der Waals surface area contributed by atoms with Crippen LogP contribution in [0.3, 0.4) is 0 Å². The van der Waals surface area contributed by atoms with E-state index in [1.165, 1.54) is 0 Å². The largest absolute Gasteiger partial charge is 0.417 e. The van der Waals surface area contributed by atoms with Crippen LogP contribution in [0.2, 0.25) is 0 Å². The van der Waals surface area contributed by atoms with E-state index in [0.29, 0.717) is 18.9 Å². The summed E-state index contributed by atoms with van der Waals surface area (Å²) >= 11 is 0. The molecule has 0 radical (unpaired) electrons. The Morgan fingerprint density at radius 3 is 2.83 bits per heavy atom. The van der Waals surface area contributed by atoms with Gasteiger partial charge in [-0.25, -0.2) is 0 Å². The summed E-state index contributed by atoms with van der Waals surface area (Å²) in [6.07, 6.45) is 2.10. The van der Waals surface area contributed by atoms with Gasteiger partial charge in [0.05, 0.1) is 6.42 Å². The van der Waals surface area contributed by atoms with Gasteiger partial charge in [-0.3, -0.25) is 4.79 Å². The third-order valence-corrected chi connectivity index (χ3v) is 2.27. The summed E-state index contributed by atoms with van der Waals surface area (Å²) in [5.41, 5.74) is 1.05. The molecular weight excluding hydrogens is 230 g/mol. The molecule has 2 rings (SSSR count). The summed E-state index contributed by atoms with van der Waals surface area (Å²) in [7, 11) is 0. The zero-order valence-corrected chi connectivity index (χ0v) is 9.80. The van der Waals surface area contributed by atoms with Crippen LogP contribution in [-0.4, -0.2) is 22.6 Å². The molecule has 5 heteroatoms. The highest BCUT2D eigenvalue weighted by atomic mass is 16.4. The van der Waals surface area contributed by atoms with Gasteiger partial charge in [-0.15, -0.1) is 16.8 Å². The van der Waals surface area contributed by atoms with E-state index < -0.39 is 0 Å². The van der Waals surface area contributed by atoms with Crippen molar-refractivity contribution in [2.24, 2.45) is 0 Å². The Balaban J connectivity index is 2.02. The number of nitrogens with one attached hydrogen (secondary N) is 1. The van der Waals surface area contributed by atoms with Crippen LogP contribution in [0.5, 0.6) is 0 Å². The number of benzene rings is 1. The normalized spacial score (nSPS) is 10.0. The van der Waals surface area contributed by atoms with Crippen molar-refractivity contribution in [3.05, 3.63) is 60.3 Å². The van der Waals surface area contributed by atoms with Gasteiger partial charge < -0.3 is 9.73 Å². The van der Waals surface area contributed by atoms with Gasteiger partial charge in [0.2, 0.25) is 5.89 Å². The predicted octanol–water partition coefficient (Wildman–Crippen LogP) is 1.58. The smallest absolute Gasteiger partial charge is 0.309 e. The van der Waals surface area contributed by atoms with Crippen molar-refractivity contribution < 1.29 is 9.21 Å². The maximum Gasteiger partial charge on any atom is 0.309 e. The van der Waals surface area contributed by atoms with Crippen molar-refractivity contribution in [1.82, 2.24) is 15.5 Å². The Morgan fingerprint density at radius 1 is 1.33 bits per heavy atom. The van der Waals surface area contributed by atoms with Gasteiger partial charge in [0, 0.05) is 6.54 Å². The third-order valence-electron chi connectivity index (χ3n) is 2.27. The van der Waals surface area contributed by atoms with Crippen LogP contribution in [0.4, 0.5) is 0 Å². The monoisotopic (exact) mass is 243 g/mol. The number of rotatable bonds is 5. The zero-order chi connectivity index (χ0) is 12.8. The van der Waals surface area contributed by atoms with Crippen LogP contribution in [0.25, 0.3) is 0 Å². The van der Waals surface area contributed by atoms with E-state index in [-0.39, 0.29) is 11.8 Å². The third kappa shape index (κ3) is 3.04. The van der Waals surface area contributed by atoms with Crippen molar-refractivity contribution in [2.75, 3.05) is 6.54 Å². The van der Waals surface area contributed by atoms with Crippen LogP contribution in [0.1, 0.15) is 22.1 Å². The number of carbonyl (C=O) groups is 1. The predicted molar refractivity (Wildman–Crippen MR) is 66.1 cm³/mol. The van der Waals surface area contributed by atoms with Gasteiger partial charge in [0.15, 0.2) is 0 Å². The lowest BCUT2D eigenvalue weighted by atomic mass is 10.2. The molecule has 0 aliphatic carbocycles. The van der Waals surface area contributed by atoms with Gasteiger partial charge in [-0.1, -0.05) is 36.4 Å². The molecule has 5 nitrogen and oxygen atoms in total. The fourth-order valence-electron chi connectivity index (χ4n) is 1.43. The van der Waals surface area contributed by atoms with E-state index in [2.05, 4.69) is 22.1 Å². The quantitative estimate of drug-likeness (QED) is 0.809. The maximum atomic E-state index is 11.5. The zero-order valence-electron chi connectivity index (χ0n) is 9.80. The van der Waals surface area contributed by atoms with E-state index in [4.69, 9.17) is 4.42 Å². The van der Waals surface area contributed by atoms with Crippen molar-refractivity contribution in [3.8, 4) is 0 Å². The average molecular weight is 243 g/mol. The molecular formula is C13H13N3O2. The van der Waals surface area contributed by atoms with E-state index in [1.54, 1.807) is 6.08 Å². The Hall–Kier alpha value is -2.43. The molecule has 0 fully saturated rings. The average Bonchev–Trinajstić information content (AvgIpc) is 2.86. The van der Waals surface area contributed by atoms with E-state index in [9.17, 15) is 4.79 Å². The second kappa shape index (κ2) is 5.77. The second-order valence-electron chi connectivity index (χ2n) is 3.66. The minimum absolute atomic E-state index is 0.0252. The number of amides is 1. The minimum atomic E-state index is -0.387. The standard InChI is InChI=1S/C13H13N3O2/c1-2-8-14-12(17)13-16-15-11(18-13)9-10-6-4-3-5-7-10/h2-7H,1,8-9H2,(H,14,17). The Bertz CT molecular complexity index is 534. The first-order valence-corrected chi connectivity index (χ1v) is 5.55. The lowest BCUT2D eigenvalue weighted by Gasteiger charge is -1.96. The molecule has 1 N–H and O–H groups in total. The van der Waals surface area contributed by atoms with Crippen molar-refractivity contribution in [1.29, 1.82) is 0 Å². The molecule has 2 aromatic rings. The number of aromatic nitrogens is 2. The Labute approximate surface area is 105 Å². The fraction of sp³-hybridized carbons (Fsp3) is 0.154. The van der Waals surface area contributed by atoms with Crippen molar-refractivity contribution >= 4 is 5.91 Å². The summed E-state index contributed by atoms with van der Waals surface area (Å²) in [6, 6.07) is 9.72. The number of carbonyl (C=O) groups excluding carboxylic acids is 1. The Kier molecular flexibility index (Phi) is 3.86. The van der Waals surface area contributed by atoms with Gasteiger partial charge in [0.25, 0.3) is 0 Å².